The summed E-state index contributed by atoms with van der Waals surface area (Å²) in [4.78, 5) is 0. The zero-order chi connectivity index (χ0) is 9.12. The van der Waals surface area contributed by atoms with Crippen LogP contribution in [0.1, 0.15) is 6.92 Å². The molecule has 0 aliphatic rings. The summed E-state index contributed by atoms with van der Waals surface area (Å²) in [6.45, 7) is 1.54. The average Bonchev–Trinajstić information content (AvgIpc) is 1.20. The normalized spacial score (nSPS) is 17.0. The fourth-order valence-corrected chi connectivity index (χ4v) is 0. The molecule has 0 fully saturated rings. The van der Waals surface area contributed by atoms with Crippen molar-refractivity contribution in [3.63, 3.8) is 0 Å². The Bertz CT molecular complexity index is 132. The molecule has 8 heteroatoms. The van der Waals surface area contributed by atoms with Crippen molar-refractivity contribution in [2.75, 3.05) is 0 Å². The number of nitrogens with one attached hydrogen (secondary N) is 1. The van der Waals surface area contributed by atoms with Gasteiger partial charge in [0.25, 0.3) is 6.07 Å². The summed E-state index contributed by atoms with van der Waals surface area (Å²) >= 11 is -11.1. The zero-order valence-corrected chi connectivity index (χ0v) is 6.59. The van der Waals surface area contributed by atoms with Crippen molar-refractivity contribution in [3.8, 4) is 6.07 Å². The topological polar surface area (TPSA) is 23.8 Å². The molecule has 0 rings (SSSR count). The molecular weight excluding hydrogens is 227 g/mol. The summed E-state index contributed by atoms with van der Waals surface area (Å²) in [7, 11) is 0. The Kier molecular flexibility index (Phi) is 2.53. The maximum atomic E-state index is 9.91. The zero-order valence-electron chi connectivity index (χ0n) is 4.72. The Hall–Kier alpha value is -0.372. The van der Waals surface area contributed by atoms with Gasteiger partial charge in [-0.2, -0.15) is 0 Å². The van der Waals surface area contributed by atoms with Gasteiger partial charge in [0.15, 0.2) is 0 Å². The van der Waals surface area contributed by atoms with E-state index in [1.165, 1.54) is 0 Å². The second kappa shape index (κ2) is 2.06. The van der Waals surface area contributed by atoms with Crippen molar-refractivity contribution in [1.82, 2.24) is 0 Å². The van der Waals surface area contributed by atoms with Crippen LogP contribution in [0.15, 0.2) is 0 Å². The van der Waals surface area contributed by atoms with Gasteiger partial charge in [0.05, 0.1) is 6.92 Å². The van der Waals surface area contributed by atoms with Crippen LogP contribution in [0.25, 0.3) is 0 Å². The maximum absolute atomic E-state index is 11.1. The van der Waals surface area contributed by atoms with Gasteiger partial charge < -0.3 is 0 Å². The van der Waals surface area contributed by atoms with Crippen LogP contribution in [0.3, 0.4) is 0 Å². The van der Waals surface area contributed by atoms with Gasteiger partial charge in [0.2, 0.25) is 0 Å². The van der Waals surface area contributed by atoms with E-state index >= 15 is 0 Å². The van der Waals surface area contributed by atoms with Crippen LogP contribution in [0.4, 0.5) is 20.8 Å². The third-order valence-electron chi connectivity index (χ3n) is 0. The molecule has 0 saturated carbocycles. The van der Waals surface area contributed by atoms with Gasteiger partial charge >= 0.3 is 35.0 Å². The van der Waals surface area contributed by atoms with Crippen molar-refractivity contribution in [3.05, 3.63) is 0 Å². The van der Waals surface area contributed by atoms with Crippen LogP contribution in [0, 0.1) is 6.07 Å². The average molecular weight is 231 g/mol. The quantitative estimate of drug-likeness (QED) is 0.473. The summed E-state index contributed by atoms with van der Waals surface area (Å²) in [6.07, 6.45) is 0. The summed E-state index contributed by atoms with van der Waals surface area (Å²) < 4.78 is 59.4. The monoisotopic (exact) mass is 231 g/mol. The second-order valence-electron chi connectivity index (χ2n) is 1.21. The van der Waals surface area contributed by atoms with E-state index in [-0.39, 0.29) is 0 Å². The molecule has 10 heavy (non-hydrogen) atoms. The predicted octanol–water partition coefficient (Wildman–Crippen LogP) is 0.919. The van der Waals surface area contributed by atoms with E-state index in [0.717, 1.165) is 0 Å². The van der Waals surface area contributed by atoms with Gasteiger partial charge in [0, 0.05) is 0 Å². The Labute approximate surface area is 54.1 Å². The third kappa shape index (κ3) is 2430. The van der Waals surface area contributed by atoms with Gasteiger partial charge in [0.1, 0.15) is 0 Å². The van der Waals surface area contributed by atoms with E-state index in [9.17, 15) is 20.8 Å². The summed E-state index contributed by atoms with van der Waals surface area (Å²) in [5.41, 5.74) is 0. The first-order chi connectivity index (χ1) is 3.86. The van der Waals surface area contributed by atoms with Crippen molar-refractivity contribution in [1.29, 1.82) is 0 Å². The Morgan fingerprint density at radius 1 is 1.00 bits per heavy atom. The SMILES string of the molecule is CC#[NH+].F[As-](F)(F)(F)(F)F. The van der Waals surface area contributed by atoms with Gasteiger partial charge in [-0.3, -0.25) is 0 Å². The summed E-state index contributed by atoms with van der Waals surface area (Å²) in [5.74, 6) is 0. The molecule has 0 saturated heterocycles. The van der Waals surface area contributed by atoms with E-state index in [0.29, 0.717) is 0 Å². The van der Waals surface area contributed by atoms with Gasteiger partial charge in [-0.15, -0.1) is 5.26 Å². The molecule has 0 aliphatic carbocycles. The molecule has 0 aromatic carbocycles. The van der Waals surface area contributed by atoms with Gasteiger partial charge in [-0.05, 0) is 0 Å². The minimum absolute atomic E-state index is 1.54. The summed E-state index contributed by atoms with van der Waals surface area (Å²) in [5, 5.41) is 5.96. The summed E-state index contributed by atoms with van der Waals surface area (Å²) in [6, 6.07) is 2.00. The van der Waals surface area contributed by atoms with E-state index < -0.39 is 14.2 Å². The van der Waals surface area contributed by atoms with Crippen LogP contribution in [-0.4, -0.2) is 14.2 Å². The molecule has 0 spiro atoms. The first kappa shape index (κ1) is 12.3. The molecule has 0 atom stereocenters. The van der Waals surface area contributed by atoms with Crippen molar-refractivity contribution in [2.24, 2.45) is 0 Å². The standard InChI is InChI=1S/C2H3N.AsF6/c1-2-3;2-1(3,4,5,6)7/h1H3;/q;-1/p+1. The van der Waals surface area contributed by atoms with E-state index in [2.05, 4.69) is 0 Å². The van der Waals surface area contributed by atoms with Crippen LogP contribution >= 0.6 is 0 Å². The van der Waals surface area contributed by atoms with Crippen LogP contribution in [0.5, 0.6) is 0 Å². The predicted molar refractivity (Wildman–Crippen MR) is 22.9 cm³/mol. The van der Waals surface area contributed by atoms with Crippen LogP contribution in [0.2, 0.25) is 0 Å². The molecule has 0 aromatic heterocycles. The Morgan fingerprint density at radius 3 is 1.00 bits per heavy atom. The molecule has 0 heterocycles. The van der Waals surface area contributed by atoms with Gasteiger partial charge in [-0.25, -0.2) is 0 Å². The first-order valence-electron chi connectivity index (χ1n) is 1.76. The van der Waals surface area contributed by atoms with Crippen LogP contribution < -0.4 is 5.26 Å². The van der Waals surface area contributed by atoms with Crippen molar-refractivity contribution < 1.29 is 26.1 Å². The Morgan fingerprint density at radius 2 is 1.00 bits per heavy atom. The fraction of sp³-hybridized carbons (Fsp3) is 0.500. The van der Waals surface area contributed by atoms with Crippen molar-refractivity contribution in [2.45, 2.75) is 6.92 Å². The molecule has 0 aromatic rings. The molecule has 1 N–H and O–H groups in total. The van der Waals surface area contributed by atoms with E-state index in [4.69, 9.17) is 5.26 Å². The molecule has 1 nitrogen and oxygen atoms in total. The number of hydrogen-bond donors (Lipinski definition) is 1. The number of hydrogen-bond acceptors (Lipinski definition) is 0. The third-order valence-corrected chi connectivity index (χ3v) is 0. The molecule has 0 radical (unpaired) electrons. The number of halogens is 6. The van der Waals surface area contributed by atoms with E-state index in [1.807, 2.05) is 6.07 Å². The molecular formula is C2H4AsF6N. The first-order valence-corrected chi connectivity index (χ1v) is 6.02. The number of rotatable bonds is 0. The molecule has 64 valence electrons. The van der Waals surface area contributed by atoms with E-state index in [1.54, 1.807) is 6.92 Å². The Balaban J connectivity index is 0. The van der Waals surface area contributed by atoms with Crippen LogP contribution in [-0.2, 0) is 0 Å². The molecule has 0 aliphatic heterocycles. The second-order valence-corrected chi connectivity index (χ2v) is 5.23. The molecule has 0 amide bonds. The van der Waals surface area contributed by atoms with Crippen molar-refractivity contribution >= 4 is 14.2 Å². The van der Waals surface area contributed by atoms with Gasteiger partial charge in [-0.1, -0.05) is 0 Å². The fourth-order valence-electron chi connectivity index (χ4n) is 0. The minimum atomic E-state index is -11.1. The molecule has 0 bridgehead atoms. The molecule has 0 unspecified atom stereocenters.